The van der Waals surface area contributed by atoms with Crippen molar-refractivity contribution in [3.63, 3.8) is 0 Å². The Bertz CT molecular complexity index is 460. The Morgan fingerprint density at radius 1 is 1.35 bits per heavy atom. The lowest BCUT2D eigenvalue weighted by molar-refractivity contribution is 0.230. The fourth-order valence-corrected chi connectivity index (χ4v) is 4.86. The summed E-state index contributed by atoms with van der Waals surface area (Å²) in [7, 11) is 0. The maximum Gasteiger partial charge on any atom is 0.113 e. The van der Waals surface area contributed by atoms with Gasteiger partial charge in [0.25, 0.3) is 0 Å². The van der Waals surface area contributed by atoms with E-state index in [1.165, 1.54) is 34.8 Å². The third-order valence-electron chi connectivity index (χ3n) is 5.26. The molecule has 0 bridgehead atoms. The minimum absolute atomic E-state index is 0.134. The summed E-state index contributed by atoms with van der Waals surface area (Å²) in [5.41, 5.74) is 7.91. The Morgan fingerprint density at radius 2 is 2.10 bits per heavy atom. The van der Waals surface area contributed by atoms with Gasteiger partial charge in [0.15, 0.2) is 0 Å². The van der Waals surface area contributed by atoms with E-state index >= 15 is 0 Å². The van der Waals surface area contributed by atoms with Gasteiger partial charge in [0.05, 0.1) is 11.2 Å². The van der Waals surface area contributed by atoms with E-state index in [4.69, 9.17) is 10.7 Å². The van der Waals surface area contributed by atoms with Crippen LogP contribution in [0.3, 0.4) is 0 Å². The highest BCUT2D eigenvalue weighted by atomic mass is 32.1. The van der Waals surface area contributed by atoms with Gasteiger partial charge in [-0.25, -0.2) is 4.98 Å². The fourth-order valence-electron chi connectivity index (χ4n) is 3.55. The second kappa shape index (κ2) is 5.74. The third-order valence-corrected chi connectivity index (χ3v) is 6.56. The number of likely N-dealkylation sites (N-methyl/N-ethyl adjacent to an activating group) is 1. The number of nitrogens with two attached hydrogens (primary N) is 1. The van der Waals surface area contributed by atoms with Gasteiger partial charge in [-0.05, 0) is 38.1 Å². The SMILES string of the molecule is CCC1CCC(N)(c2nc3c(s2)CN(CC)CC3)CC1. The van der Waals surface area contributed by atoms with Gasteiger partial charge < -0.3 is 5.73 Å². The molecule has 20 heavy (non-hydrogen) atoms. The van der Waals surface area contributed by atoms with E-state index in [0.717, 1.165) is 44.8 Å². The number of nitrogens with zero attached hydrogens (tertiary/aromatic N) is 2. The molecule has 3 rings (SSSR count). The van der Waals surface area contributed by atoms with Crippen LogP contribution in [-0.4, -0.2) is 23.0 Å². The van der Waals surface area contributed by atoms with Crippen molar-refractivity contribution in [3.8, 4) is 0 Å². The third kappa shape index (κ3) is 2.66. The maximum absolute atomic E-state index is 6.71. The van der Waals surface area contributed by atoms with E-state index in [1.54, 1.807) is 0 Å². The largest absolute Gasteiger partial charge is 0.319 e. The highest BCUT2D eigenvalue weighted by Crippen LogP contribution is 2.41. The standard InChI is InChI=1S/C16H27N3S/c1-3-12-5-8-16(17,9-6-12)15-18-13-7-10-19(4-2)11-14(13)20-15/h12H,3-11,17H2,1-2H3. The molecule has 2 heterocycles. The van der Waals surface area contributed by atoms with Crippen LogP contribution in [0.4, 0.5) is 0 Å². The van der Waals surface area contributed by atoms with Crippen LogP contribution in [0.25, 0.3) is 0 Å². The Labute approximate surface area is 126 Å². The van der Waals surface area contributed by atoms with Crippen LogP contribution in [-0.2, 0) is 18.5 Å². The van der Waals surface area contributed by atoms with Gasteiger partial charge in [-0.1, -0.05) is 20.3 Å². The molecule has 2 N–H and O–H groups in total. The second-order valence-corrected chi connectivity index (χ2v) is 7.60. The van der Waals surface area contributed by atoms with Crippen LogP contribution in [0.15, 0.2) is 0 Å². The Kier molecular flexibility index (Phi) is 4.16. The lowest BCUT2D eigenvalue weighted by Gasteiger charge is -2.35. The molecule has 0 atom stereocenters. The zero-order valence-corrected chi connectivity index (χ0v) is 13.6. The van der Waals surface area contributed by atoms with Crippen molar-refractivity contribution in [3.05, 3.63) is 15.6 Å². The molecule has 1 aromatic rings. The van der Waals surface area contributed by atoms with E-state index in [1.807, 2.05) is 11.3 Å². The maximum atomic E-state index is 6.71. The van der Waals surface area contributed by atoms with E-state index in [9.17, 15) is 0 Å². The summed E-state index contributed by atoms with van der Waals surface area (Å²) < 4.78 is 0. The number of hydrogen-bond acceptors (Lipinski definition) is 4. The van der Waals surface area contributed by atoms with Gasteiger partial charge in [-0.15, -0.1) is 11.3 Å². The zero-order chi connectivity index (χ0) is 14.2. The average molecular weight is 293 g/mol. The Balaban J connectivity index is 1.76. The summed E-state index contributed by atoms with van der Waals surface area (Å²) in [4.78, 5) is 8.90. The van der Waals surface area contributed by atoms with E-state index in [2.05, 4.69) is 18.7 Å². The minimum Gasteiger partial charge on any atom is -0.319 e. The molecule has 0 saturated heterocycles. The van der Waals surface area contributed by atoms with Crippen LogP contribution < -0.4 is 5.73 Å². The first-order valence-electron chi connectivity index (χ1n) is 8.15. The molecule has 3 nitrogen and oxygen atoms in total. The second-order valence-electron chi connectivity index (χ2n) is 6.52. The molecule has 1 aliphatic carbocycles. The van der Waals surface area contributed by atoms with Gasteiger partial charge in [0.2, 0.25) is 0 Å². The van der Waals surface area contributed by atoms with Gasteiger partial charge in [-0.3, -0.25) is 4.90 Å². The first kappa shape index (κ1) is 14.5. The van der Waals surface area contributed by atoms with Crippen molar-refractivity contribution in [2.45, 2.75) is 64.5 Å². The van der Waals surface area contributed by atoms with Crippen molar-refractivity contribution in [2.75, 3.05) is 13.1 Å². The average Bonchev–Trinajstić information content (AvgIpc) is 2.91. The first-order chi connectivity index (χ1) is 9.64. The summed E-state index contributed by atoms with van der Waals surface area (Å²) in [5, 5.41) is 1.22. The summed E-state index contributed by atoms with van der Waals surface area (Å²) in [5.74, 6) is 0.886. The molecule has 1 aromatic heterocycles. The normalized spacial score (nSPS) is 31.2. The molecule has 4 heteroatoms. The molecule has 2 aliphatic rings. The lowest BCUT2D eigenvalue weighted by atomic mass is 9.76. The summed E-state index contributed by atoms with van der Waals surface area (Å²) in [6.07, 6.45) is 7.20. The summed E-state index contributed by atoms with van der Waals surface area (Å²) >= 11 is 1.89. The predicted molar refractivity (Wildman–Crippen MR) is 84.9 cm³/mol. The van der Waals surface area contributed by atoms with Crippen molar-refractivity contribution in [1.82, 2.24) is 9.88 Å². The number of rotatable bonds is 3. The molecule has 0 radical (unpaired) electrons. The number of fused-ring (bicyclic) bond motifs is 1. The van der Waals surface area contributed by atoms with E-state index < -0.39 is 0 Å². The molecule has 0 aromatic carbocycles. The van der Waals surface area contributed by atoms with Gasteiger partial charge in [0, 0.05) is 24.4 Å². The number of hydrogen-bond donors (Lipinski definition) is 1. The van der Waals surface area contributed by atoms with Gasteiger partial charge in [0.1, 0.15) is 5.01 Å². The van der Waals surface area contributed by atoms with Crippen molar-refractivity contribution < 1.29 is 0 Å². The van der Waals surface area contributed by atoms with Crippen molar-refractivity contribution in [1.29, 1.82) is 0 Å². The molecule has 112 valence electrons. The van der Waals surface area contributed by atoms with Crippen LogP contribution in [0.1, 0.15) is 61.5 Å². The highest BCUT2D eigenvalue weighted by molar-refractivity contribution is 7.11. The highest BCUT2D eigenvalue weighted by Gasteiger charge is 2.36. The Morgan fingerprint density at radius 3 is 2.75 bits per heavy atom. The number of aromatic nitrogens is 1. The van der Waals surface area contributed by atoms with E-state index in [0.29, 0.717) is 0 Å². The molecule has 1 fully saturated rings. The van der Waals surface area contributed by atoms with Crippen LogP contribution in [0.5, 0.6) is 0 Å². The van der Waals surface area contributed by atoms with Crippen LogP contribution in [0.2, 0.25) is 0 Å². The zero-order valence-electron chi connectivity index (χ0n) is 12.8. The van der Waals surface area contributed by atoms with Crippen molar-refractivity contribution >= 4 is 11.3 Å². The Hall–Kier alpha value is -0.450. The molecule has 0 spiro atoms. The van der Waals surface area contributed by atoms with Crippen LogP contribution >= 0.6 is 11.3 Å². The molecular formula is C16H27N3S. The van der Waals surface area contributed by atoms with Gasteiger partial charge >= 0.3 is 0 Å². The lowest BCUT2D eigenvalue weighted by Crippen LogP contribution is -2.40. The topological polar surface area (TPSA) is 42.1 Å². The molecule has 0 unspecified atom stereocenters. The summed E-state index contributed by atoms with van der Waals surface area (Å²) in [6, 6.07) is 0. The monoisotopic (exact) mass is 293 g/mol. The first-order valence-corrected chi connectivity index (χ1v) is 8.96. The minimum atomic E-state index is -0.134. The molecular weight excluding hydrogens is 266 g/mol. The summed E-state index contributed by atoms with van der Waals surface area (Å²) in [6.45, 7) is 7.91. The fraction of sp³-hybridized carbons (Fsp3) is 0.812. The molecule has 1 saturated carbocycles. The van der Waals surface area contributed by atoms with Crippen molar-refractivity contribution in [2.24, 2.45) is 11.7 Å². The predicted octanol–water partition coefficient (Wildman–Crippen LogP) is 3.28. The molecule has 1 aliphatic heterocycles. The molecule has 0 amide bonds. The van der Waals surface area contributed by atoms with Crippen LogP contribution in [0, 0.1) is 5.92 Å². The quantitative estimate of drug-likeness (QED) is 0.930. The van der Waals surface area contributed by atoms with E-state index in [-0.39, 0.29) is 5.54 Å². The smallest absolute Gasteiger partial charge is 0.113 e. The number of thiazole rings is 1. The van der Waals surface area contributed by atoms with Gasteiger partial charge in [-0.2, -0.15) is 0 Å².